The lowest BCUT2D eigenvalue weighted by Gasteiger charge is -2.14. The maximum Gasteiger partial charge on any atom is 0.267 e. The van der Waals surface area contributed by atoms with Crippen molar-refractivity contribution in [3.8, 4) is 5.69 Å². The number of nitrogens with zero attached hydrogens (tertiary/aromatic N) is 2. The fraction of sp³-hybridized carbons (Fsp3) is 0.217. The molecule has 0 saturated carbocycles. The lowest BCUT2D eigenvalue weighted by molar-refractivity contribution is 0.815. The van der Waals surface area contributed by atoms with Crippen molar-refractivity contribution < 1.29 is 0 Å². The Kier molecular flexibility index (Phi) is 4.57. The minimum absolute atomic E-state index is 0.0780. The summed E-state index contributed by atoms with van der Waals surface area (Å²) in [6, 6.07) is 18.4. The Morgan fingerprint density at radius 3 is 2.68 bits per heavy atom. The summed E-state index contributed by atoms with van der Waals surface area (Å²) in [5.74, 6) is 0.787. The fourth-order valence-electron chi connectivity index (χ4n) is 3.87. The Labute approximate surface area is 172 Å². The molecule has 1 aliphatic carbocycles. The van der Waals surface area contributed by atoms with Crippen molar-refractivity contribution in [3.63, 3.8) is 0 Å². The summed E-state index contributed by atoms with van der Waals surface area (Å²) < 4.78 is 1.83. The molecule has 2 heterocycles. The van der Waals surface area contributed by atoms with Crippen LogP contribution in [0.15, 0.2) is 64.5 Å². The zero-order valence-electron chi connectivity index (χ0n) is 15.6. The van der Waals surface area contributed by atoms with Crippen molar-refractivity contribution in [3.05, 3.63) is 86.5 Å². The third kappa shape index (κ3) is 2.99. The van der Waals surface area contributed by atoms with E-state index in [-0.39, 0.29) is 5.56 Å². The van der Waals surface area contributed by atoms with Gasteiger partial charge in [0.15, 0.2) is 5.16 Å². The van der Waals surface area contributed by atoms with Crippen LogP contribution >= 0.6 is 23.1 Å². The van der Waals surface area contributed by atoms with Gasteiger partial charge >= 0.3 is 0 Å². The molecule has 140 valence electrons. The largest absolute Gasteiger partial charge is 0.268 e. The second-order valence-electron chi connectivity index (χ2n) is 7.13. The number of fused-ring (bicyclic) bond motifs is 3. The van der Waals surface area contributed by atoms with Gasteiger partial charge in [-0.2, -0.15) is 0 Å². The first-order valence-electron chi connectivity index (χ1n) is 9.52. The molecule has 0 unspecified atom stereocenters. The van der Waals surface area contributed by atoms with Crippen molar-refractivity contribution in [2.24, 2.45) is 0 Å². The minimum Gasteiger partial charge on any atom is -0.268 e. The van der Waals surface area contributed by atoms with Crippen LogP contribution in [0.4, 0.5) is 0 Å². The zero-order chi connectivity index (χ0) is 19.1. The van der Waals surface area contributed by atoms with Crippen molar-refractivity contribution in [1.29, 1.82) is 0 Å². The molecule has 5 rings (SSSR count). The highest BCUT2D eigenvalue weighted by Crippen LogP contribution is 2.36. The standard InChI is InChI=1S/C23H20N2OS2/c1-15-8-5-6-12-18(15)25-22(26)20-17-11-7-13-19(17)28-21(20)24-23(25)27-14-16-9-3-2-4-10-16/h2-6,8-10,12H,7,11,13-14H2,1H3. The summed E-state index contributed by atoms with van der Waals surface area (Å²) >= 11 is 3.34. The number of hydrogen-bond acceptors (Lipinski definition) is 4. The molecule has 28 heavy (non-hydrogen) atoms. The van der Waals surface area contributed by atoms with Crippen molar-refractivity contribution >= 4 is 33.3 Å². The summed E-state index contributed by atoms with van der Waals surface area (Å²) in [5.41, 5.74) is 4.55. The summed E-state index contributed by atoms with van der Waals surface area (Å²) in [5, 5.41) is 1.61. The molecule has 0 radical (unpaired) electrons. The molecule has 2 aromatic heterocycles. The van der Waals surface area contributed by atoms with Gasteiger partial charge in [0.05, 0.1) is 11.1 Å². The van der Waals surface area contributed by atoms with Gasteiger partial charge in [0.1, 0.15) is 4.83 Å². The van der Waals surface area contributed by atoms with E-state index in [4.69, 9.17) is 4.98 Å². The molecule has 2 aromatic carbocycles. The van der Waals surface area contributed by atoms with Crippen molar-refractivity contribution in [2.75, 3.05) is 0 Å². The molecular weight excluding hydrogens is 384 g/mol. The first-order valence-corrected chi connectivity index (χ1v) is 11.3. The predicted molar refractivity (Wildman–Crippen MR) is 118 cm³/mol. The van der Waals surface area contributed by atoms with Gasteiger partial charge in [-0.25, -0.2) is 4.98 Å². The number of hydrogen-bond donors (Lipinski definition) is 0. The molecule has 0 aliphatic heterocycles. The molecule has 0 spiro atoms. The number of benzene rings is 2. The van der Waals surface area contributed by atoms with Crippen LogP contribution in [0.2, 0.25) is 0 Å². The van der Waals surface area contributed by atoms with Gasteiger partial charge in [0.2, 0.25) is 0 Å². The highest BCUT2D eigenvalue weighted by molar-refractivity contribution is 7.98. The Bertz CT molecular complexity index is 1220. The lowest BCUT2D eigenvalue weighted by atomic mass is 10.2. The molecule has 3 nitrogen and oxygen atoms in total. The summed E-state index contributed by atoms with van der Waals surface area (Å²) in [7, 11) is 0. The van der Waals surface area contributed by atoms with E-state index in [0.717, 1.165) is 51.6 Å². The highest BCUT2D eigenvalue weighted by Gasteiger charge is 2.24. The smallest absolute Gasteiger partial charge is 0.267 e. The minimum atomic E-state index is 0.0780. The third-order valence-corrected chi connectivity index (χ3v) is 7.47. The van der Waals surface area contributed by atoms with Gasteiger partial charge < -0.3 is 0 Å². The van der Waals surface area contributed by atoms with Gasteiger partial charge in [-0.05, 0) is 48.9 Å². The highest BCUT2D eigenvalue weighted by atomic mass is 32.2. The van der Waals surface area contributed by atoms with Crippen LogP contribution in [0.5, 0.6) is 0 Å². The van der Waals surface area contributed by atoms with Gasteiger partial charge in [0, 0.05) is 10.6 Å². The van der Waals surface area contributed by atoms with Gasteiger partial charge in [-0.1, -0.05) is 60.3 Å². The fourth-order valence-corrected chi connectivity index (χ4v) is 6.13. The quantitative estimate of drug-likeness (QED) is 0.331. The number of aryl methyl sites for hydroxylation is 3. The Hall–Kier alpha value is -2.37. The topological polar surface area (TPSA) is 34.9 Å². The number of rotatable bonds is 4. The van der Waals surface area contributed by atoms with E-state index < -0.39 is 0 Å². The Morgan fingerprint density at radius 1 is 1.07 bits per heavy atom. The Balaban J connectivity index is 1.70. The first-order chi connectivity index (χ1) is 13.7. The van der Waals surface area contributed by atoms with E-state index in [9.17, 15) is 4.79 Å². The van der Waals surface area contributed by atoms with E-state index in [1.54, 1.807) is 23.1 Å². The lowest BCUT2D eigenvalue weighted by Crippen LogP contribution is -2.22. The van der Waals surface area contributed by atoms with Gasteiger partial charge in [-0.15, -0.1) is 11.3 Å². The normalized spacial score (nSPS) is 13.2. The van der Waals surface area contributed by atoms with E-state index in [1.165, 1.54) is 16.0 Å². The summed E-state index contributed by atoms with van der Waals surface area (Å²) in [4.78, 5) is 20.9. The number of thioether (sulfide) groups is 1. The first kappa shape index (κ1) is 17.7. The molecule has 0 atom stereocenters. The average Bonchev–Trinajstić information content (AvgIpc) is 3.29. The van der Waals surface area contributed by atoms with Gasteiger partial charge in [-0.3, -0.25) is 9.36 Å². The number of para-hydroxylation sites is 1. The van der Waals surface area contributed by atoms with Crippen LogP contribution in [-0.4, -0.2) is 9.55 Å². The van der Waals surface area contributed by atoms with E-state index in [0.29, 0.717) is 0 Å². The maximum absolute atomic E-state index is 13.7. The molecule has 1 aliphatic rings. The van der Waals surface area contributed by atoms with Crippen LogP contribution in [0.3, 0.4) is 0 Å². The van der Waals surface area contributed by atoms with Crippen molar-refractivity contribution in [1.82, 2.24) is 9.55 Å². The molecule has 0 saturated heterocycles. The monoisotopic (exact) mass is 404 g/mol. The molecule has 0 fully saturated rings. The van der Waals surface area contributed by atoms with Crippen LogP contribution in [0, 0.1) is 6.92 Å². The van der Waals surface area contributed by atoms with Gasteiger partial charge in [0.25, 0.3) is 5.56 Å². The predicted octanol–water partition coefficient (Wildman–Crippen LogP) is 5.54. The number of aromatic nitrogens is 2. The van der Waals surface area contributed by atoms with Crippen LogP contribution < -0.4 is 5.56 Å². The average molecular weight is 405 g/mol. The molecule has 5 heteroatoms. The number of thiophene rings is 1. The van der Waals surface area contributed by atoms with Crippen LogP contribution in [0.25, 0.3) is 15.9 Å². The zero-order valence-corrected chi connectivity index (χ0v) is 17.3. The second-order valence-corrected chi connectivity index (χ2v) is 9.16. The molecule has 4 aromatic rings. The maximum atomic E-state index is 13.7. The third-order valence-electron chi connectivity index (χ3n) is 5.28. The van der Waals surface area contributed by atoms with Crippen LogP contribution in [0.1, 0.15) is 28.0 Å². The molecule has 0 N–H and O–H groups in total. The van der Waals surface area contributed by atoms with E-state index in [2.05, 4.69) is 25.1 Å². The second kappa shape index (κ2) is 7.22. The summed E-state index contributed by atoms with van der Waals surface area (Å²) in [6.45, 7) is 2.05. The van der Waals surface area contributed by atoms with Crippen molar-refractivity contribution in [2.45, 2.75) is 37.1 Å². The molecule has 0 amide bonds. The molecule has 0 bridgehead atoms. The Morgan fingerprint density at radius 2 is 1.86 bits per heavy atom. The van der Waals surface area contributed by atoms with E-state index >= 15 is 0 Å². The van der Waals surface area contributed by atoms with E-state index in [1.807, 2.05) is 41.0 Å². The summed E-state index contributed by atoms with van der Waals surface area (Å²) in [6.07, 6.45) is 3.22. The molecular formula is C23H20N2OS2. The SMILES string of the molecule is Cc1ccccc1-n1c(SCc2ccccc2)nc2sc3c(c2c1=O)CCC3. The van der Waals surface area contributed by atoms with Crippen LogP contribution in [-0.2, 0) is 18.6 Å².